The normalized spacial score (nSPS) is 31.5. The van der Waals surface area contributed by atoms with E-state index in [1.54, 1.807) is 6.92 Å². The van der Waals surface area contributed by atoms with Gasteiger partial charge in [0.15, 0.2) is 9.84 Å². The number of halogens is 1. The van der Waals surface area contributed by atoms with E-state index in [1.165, 1.54) is 0 Å². The Hall–Kier alpha value is -0.290. The van der Waals surface area contributed by atoms with E-state index in [-0.39, 0.29) is 17.4 Å². The van der Waals surface area contributed by atoms with Crippen LogP contribution in [0.25, 0.3) is 0 Å². The van der Waals surface area contributed by atoms with Crippen LogP contribution in [0.4, 0.5) is 0 Å². The number of sulfone groups is 1. The average molecular weight is 226 g/mol. The zero-order valence-corrected chi connectivity index (χ0v) is 8.86. The molecule has 0 radical (unpaired) electrons. The van der Waals surface area contributed by atoms with Crippen LogP contribution in [0.1, 0.15) is 13.3 Å². The highest BCUT2D eigenvalue weighted by Gasteiger charge is 2.36. The van der Waals surface area contributed by atoms with Crippen molar-refractivity contribution in [1.82, 2.24) is 5.32 Å². The predicted octanol–water partition coefficient (Wildman–Crippen LogP) is -0.0830. The van der Waals surface area contributed by atoms with Gasteiger partial charge in [0, 0.05) is 6.42 Å². The minimum atomic E-state index is -3.05. The molecule has 0 aliphatic carbocycles. The third-order valence-electron chi connectivity index (χ3n) is 1.95. The molecule has 2 atom stereocenters. The molecular weight excluding hydrogens is 214 g/mol. The fourth-order valence-corrected chi connectivity index (χ4v) is 3.80. The summed E-state index contributed by atoms with van der Waals surface area (Å²) in [6, 6.07) is -0.417. The third-order valence-corrected chi connectivity index (χ3v) is 4.33. The molecule has 0 unspecified atom stereocenters. The van der Waals surface area contributed by atoms with Crippen LogP contribution in [0.15, 0.2) is 0 Å². The molecule has 0 aromatic heterocycles. The van der Waals surface area contributed by atoms with Crippen molar-refractivity contribution in [2.24, 2.45) is 0 Å². The molecule has 0 saturated carbocycles. The first-order chi connectivity index (χ1) is 5.94. The highest BCUT2D eigenvalue weighted by molar-refractivity contribution is 7.91. The van der Waals surface area contributed by atoms with E-state index in [0.29, 0.717) is 6.42 Å². The molecule has 4 nitrogen and oxygen atoms in total. The maximum atomic E-state index is 11.1. The standard InChI is InChI=1S/C7H12ClNO3S/c1-2-7(10)9-6-4-13(11,12)3-5(6)8/h5-6H,2-4H2,1H3,(H,9,10)/t5-,6+/m1/s1. The summed E-state index contributed by atoms with van der Waals surface area (Å²) < 4.78 is 22.2. The van der Waals surface area contributed by atoms with Crippen LogP contribution in [0, 0.1) is 0 Å². The molecule has 0 aromatic rings. The fourth-order valence-electron chi connectivity index (χ4n) is 1.25. The molecule has 0 bridgehead atoms. The summed E-state index contributed by atoms with van der Waals surface area (Å²) in [5.41, 5.74) is 0. The van der Waals surface area contributed by atoms with Crippen molar-refractivity contribution in [2.45, 2.75) is 24.8 Å². The van der Waals surface area contributed by atoms with Crippen molar-refractivity contribution in [3.8, 4) is 0 Å². The molecule has 1 saturated heterocycles. The fraction of sp³-hybridized carbons (Fsp3) is 0.857. The molecule has 1 aliphatic rings. The number of carbonyl (C=O) groups excluding carboxylic acids is 1. The van der Waals surface area contributed by atoms with Crippen LogP contribution >= 0.6 is 11.6 Å². The Labute approximate surface area is 82.6 Å². The van der Waals surface area contributed by atoms with Gasteiger partial charge in [0.05, 0.1) is 22.9 Å². The summed E-state index contributed by atoms with van der Waals surface area (Å²) in [7, 11) is -3.05. The number of carbonyl (C=O) groups is 1. The molecule has 1 heterocycles. The third kappa shape index (κ3) is 2.84. The second-order valence-corrected chi connectivity index (χ2v) is 5.83. The first-order valence-corrected chi connectivity index (χ1v) is 6.34. The first-order valence-electron chi connectivity index (χ1n) is 4.08. The smallest absolute Gasteiger partial charge is 0.220 e. The van der Waals surface area contributed by atoms with Gasteiger partial charge in [-0.3, -0.25) is 4.79 Å². The highest BCUT2D eigenvalue weighted by Crippen LogP contribution is 2.17. The van der Waals surface area contributed by atoms with Gasteiger partial charge in [0.2, 0.25) is 5.91 Å². The number of nitrogens with one attached hydrogen (secondary N) is 1. The summed E-state index contributed by atoms with van der Waals surface area (Å²) in [6.07, 6.45) is 0.347. The van der Waals surface area contributed by atoms with Crippen LogP contribution in [-0.2, 0) is 14.6 Å². The van der Waals surface area contributed by atoms with Gasteiger partial charge in [-0.25, -0.2) is 8.42 Å². The minimum Gasteiger partial charge on any atom is -0.351 e. The van der Waals surface area contributed by atoms with Gasteiger partial charge in [-0.2, -0.15) is 0 Å². The lowest BCUT2D eigenvalue weighted by molar-refractivity contribution is -0.121. The lowest BCUT2D eigenvalue weighted by atomic mass is 10.2. The Morgan fingerprint density at radius 3 is 2.54 bits per heavy atom. The Bertz CT molecular complexity index is 301. The molecule has 6 heteroatoms. The number of alkyl halides is 1. The van der Waals surface area contributed by atoms with E-state index >= 15 is 0 Å². The van der Waals surface area contributed by atoms with E-state index in [9.17, 15) is 13.2 Å². The van der Waals surface area contributed by atoms with Gasteiger partial charge in [-0.05, 0) is 0 Å². The van der Waals surface area contributed by atoms with Crippen LogP contribution in [0.2, 0.25) is 0 Å². The van der Waals surface area contributed by atoms with Gasteiger partial charge < -0.3 is 5.32 Å². The molecular formula is C7H12ClNO3S. The Morgan fingerprint density at radius 1 is 1.54 bits per heavy atom. The second kappa shape index (κ2) is 3.84. The molecule has 1 fully saturated rings. The average Bonchev–Trinajstić information content (AvgIpc) is 2.24. The van der Waals surface area contributed by atoms with Crippen molar-refractivity contribution in [1.29, 1.82) is 0 Å². The Balaban J connectivity index is 2.59. The predicted molar refractivity (Wildman–Crippen MR) is 50.5 cm³/mol. The number of rotatable bonds is 2. The SMILES string of the molecule is CCC(=O)N[C@H]1CS(=O)(=O)C[C@H]1Cl. The van der Waals surface area contributed by atoms with Crippen molar-refractivity contribution >= 4 is 27.3 Å². The molecule has 1 rings (SSSR count). The van der Waals surface area contributed by atoms with Gasteiger partial charge in [0.1, 0.15) is 0 Å². The largest absolute Gasteiger partial charge is 0.351 e. The van der Waals surface area contributed by atoms with Crippen LogP contribution in [0.3, 0.4) is 0 Å². The quantitative estimate of drug-likeness (QED) is 0.669. The van der Waals surface area contributed by atoms with Crippen molar-refractivity contribution < 1.29 is 13.2 Å². The topological polar surface area (TPSA) is 63.2 Å². The Morgan fingerprint density at radius 2 is 2.15 bits per heavy atom. The lowest BCUT2D eigenvalue weighted by Gasteiger charge is -2.12. The summed E-state index contributed by atoms with van der Waals surface area (Å²) in [6.45, 7) is 1.71. The maximum Gasteiger partial charge on any atom is 0.220 e. The van der Waals surface area contributed by atoms with E-state index < -0.39 is 21.3 Å². The molecule has 76 valence electrons. The van der Waals surface area contributed by atoms with Gasteiger partial charge in [-0.1, -0.05) is 6.92 Å². The number of hydrogen-bond donors (Lipinski definition) is 1. The van der Waals surface area contributed by atoms with Gasteiger partial charge in [0.25, 0.3) is 0 Å². The maximum absolute atomic E-state index is 11.1. The van der Waals surface area contributed by atoms with Crippen molar-refractivity contribution in [3.63, 3.8) is 0 Å². The molecule has 0 spiro atoms. The monoisotopic (exact) mass is 225 g/mol. The van der Waals surface area contributed by atoms with Crippen LogP contribution < -0.4 is 5.32 Å². The molecule has 1 aliphatic heterocycles. The zero-order chi connectivity index (χ0) is 10.1. The Kier molecular flexibility index (Phi) is 3.18. The van der Waals surface area contributed by atoms with Crippen LogP contribution in [0.5, 0.6) is 0 Å². The van der Waals surface area contributed by atoms with E-state index in [0.717, 1.165) is 0 Å². The second-order valence-electron chi connectivity index (χ2n) is 3.12. The van der Waals surface area contributed by atoms with Gasteiger partial charge >= 0.3 is 0 Å². The lowest BCUT2D eigenvalue weighted by Crippen LogP contribution is -2.40. The van der Waals surface area contributed by atoms with E-state index in [4.69, 9.17) is 11.6 Å². The van der Waals surface area contributed by atoms with E-state index in [1.807, 2.05) is 0 Å². The number of amides is 1. The minimum absolute atomic E-state index is 0.0348. The van der Waals surface area contributed by atoms with E-state index in [2.05, 4.69) is 5.32 Å². The molecule has 0 aromatic carbocycles. The molecule has 1 N–H and O–H groups in total. The molecule has 1 amide bonds. The van der Waals surface area contributed by atoms with Crippen LogP contribution in [-0.4, -0.2) is 37.2 Å². The number of hydrogen-bond acceptors (Lipinski definition) is 3. The van der Waals surface area contributed by atoms with Crippen molar-refractivity contribution in [2.75, 3.05) is 11.5 Å². The first kappa shape index (κ1) is 10.8. The molecule has 13 heavy (non-hydrogen) atoms. The summed E-state index contributed by atoms with van der Waals surface area (Å²) in [4.78, 5) is 11.0. The highest BCUT2D eigenvalue weighted by atomic mass is 35.5. The summed E-state index contributed by atoms with van der Waals surface area (Å²) in [5.74, 6) is -0.233. The van der Waals surface area contributed by atoms with Crippen molar-refractivity contribution in [3.05, 3.63) is 0 Å². The van der Waals surface area contributed by atoms with Gasteiger partial charge in [-0.15, -0.1) is 11.6 Å². The zero-order valence-electron chi connectivity index (χ0n) is 7.29. The summed E-state index contributed by atoms with van der Waals surface area (Å²) >= 11 is 5.77. The summed E-state index contributed by atoms with van der Waals surface area (Å²) in [5, 5.41) is 2.10.